The summed E-state index contributed by atoms with van der Waals surface area (Å²) in [7, 11) is 0. The van der Waals surface area contributed by atoms with Crippen LogP contribution in [0.5, 0.6) is 0 Å². The van der Waals surface area contributed by atoms with Gasteiger partial charge in [0.1, 0.15) is 0 Å². The minimum Gasteiger partial charge on any atom is -0.361 e. The lowest BCUT2D eigenvalue weighted by Gasteiger charge is -2.20. The normalized spacial score (nSPS) is 11.1. The first-order valence-electron chi connectivity index (χ1n) is 12.5. The van der Waals surface area contributed by atoms with Crippen LogP contribution in [0.15, 0.2) is 48.5 Å². The second-order valence-electron chi connectivity index (χ2n) is 8.74. The van der Waals surface area contributed by atoms with Crippen LogP contribution in [-0.2, 0) is 33.7 Å². The second kappa shape index (κ2) is 15.8. The number of aldehydes is 1. The predicted octanol–water partition coefficient (Wildman–Crippen LogP) is 7.25. The molecular formula is C29H34F3NO3. The Labute approximate surface area is 211 Å². The van der Waals surface area contributed by atoms with Crippen molar-refractivity contribution >= 4 is 12.3 Å². The third-order valence-electron chi connectivity index (χ3n) is 5.66. The molecule has 0 spiro atoms. The van der Waals surface area contributed by atoms with E-state index in [2.05, 4.69) is 18.8 Å². The largest absolute Gasteiger partial charge is 0.416 e. The summed E-state index contributed by atoms with van der Waals surface area (Å²) in [5.74, 6) is 5.28. The van der Waals surface area contributed by atoms with E-state index in [4.69, 9.17) is 4.84 Å². The second-order valence-corrected chi connectivity index (χ2v) is 8.74. The van der Waals surface area contributed by atoms with Crippen LogP contribution in [0, 0.1) is 11.8 Å². The van der Waals surface area contributed by atoms with Crippen LogP contribution in [0.3, 0.4) is 0 Å². The van der Waals surface area contributed by atoms with Gasteiger partial charge in [-0.25, -0.2) is 4.79 Å². The average molecular weight is 502 g/mol. The highest BCUT2D eigenvalue weighted by Crippen LogP contribution is 2.29. The van der Waals surface area contributed by atoms with E-state index in [1.165, 1.54) is 62.1 Å². The molecule has 0 amide bonds. The van der Waals surface area contributed by atoms with Gasteiger partial charge in [0, 0.05) is 12.0 Å². The molecule has 0 aliphatic heterocycles. The van der Waals surface area contributed by atoms with Crippen LogP contribution < -0.4 is 0 Å². The van der Waals surface area contributed by atoms with Crippen molar-refractivity contribution in [3.05, 3.63) is 70.8 Å². The number of benzene rings is 2. The third kappa shape index (κ3) is 11.5. The molecule has 0 saturated carbocycles. The van der Waals surface area contributed by atoms with Gasteiger partial charge in [-0.2, -0.15) is 13.2 Å². The first-order chi connectivity index (χ1) is 17.3. The highest BCUT2D eigenvalue weighted by atomic mass is 19.4. The van der Waals surface area contributed by atoms with E-state index in [0.29, 0.717) is 5.56 Å². The van der Waals surface area contributed by atoms with Crippen LogP contribution in [0.25, 0.3) is 0 Å². The number of carbonyl (C=O) groups excluding carboxylic acids is 2. The van der Waals surface area contributed by atoms with E-state index in [1.54, 1.807) is 0 Å². The third-order valence-corrected chi connectivity index (χ3v) is 5.66. The molecule has 0 aliphatic rings. The summed E-state index contributed by atoms with van der Waals surface area (Å²) >= 11 is 0. The standard InChI is InChI=1S/C29H34F3NO3/c1-2-3-4-5-6-7-8-9-10-11-12-24-13-15-25(16-14-24)21-33(36-28(35)23-34)22-26-17-19-27(20-18-26)29(30,31)32/h13-20,23H,2-10,21-22H2,1H3. The quantitative estimate of drug-likeness (QED) is 0.0900. The van der Waals surface area contributed by atoms with E-state index in [-0.39, 0.29) is 19.4 Å². The molecule has 0 unspecified atom stereocenters. The molecular weight excluding hydrogens is 467 g/mol. The minimum absolute atomic E-state index is 0.0257. The van der Waals surface area contributed by atoms with Gasteiger partial charge >= 0.3 is 12.1 Å². The lowest BCUT2D eigenvalue weighted by molar-refractivity contribution is -0.195. The number of unbranched alkanes of at least 4 members (excludes halogenated alkanes) is 8. The van der Waals surface area contributed by atoms with Gasteiger partial charge in [0.25, 0.3) is 0 Å². The highest BCUT2D eigenvalue weighted by Gasteiger charge is 2.30. The molecule has 36 heavy (non-hydrogen) atoms. The van der Waals surface area contributed by atoms with Gasteiger partial charge in [-0.15, -0.1) is 5.06 Å². The van der Waals surface area contributed by atoms with Gasteiger partial charge < -0.3 is 4.84 Å². The zero-order chi connectivity index (χ0) is 26.2. The predicted molar refractivity (Wildman–Crippen MR) is 133 cm³/mol. The van der Waals surface area contributed by atoms with Crippen LogP contribution in [0.1, 0.15) is 87.0 Å². The first kappa shape index (κ1) is 29.1. The van der Waals surface area contributed by atoms with E-state index in [0.717, 1.165) is 36.1 Å². The Morgan fingerprint density at radius 1 is 0.861 bits per heavy atom. The Bertz CT molecular complexity index is 990. The molecule has 2 rings (SSSR count). The van der Waals surface area contributed by atoms with Crippen molar-refractivity contribution in [2.45, 2.75) is 84.0 Å². The number of hydrogen-bond acceptors (Lipinski definition) is 4. The molecule has 2 aromatic rings. The van der Waals surface area contributed by atoms with Gasteiger partial charge in [-0.05, 0) is 41.8 Å². The minimum atomic E-state index is -4.43. The molecule has 0 radical (unpaired) electrons. The van der Waals surface area contributed by atoms with Crippen molar-refractivity contribution < 1.29 is 27.6 Å². The monoisotopic (exact) mass is 501 g/mol. The first-order valence-corrected chi connectivity index (χ1v) is 12.5. The zero-order valence-electron chi connectivity index (χ0n) is 20.8. The molecule has 194 valence electrons. The lowest BCUT2D eigenvalue weighted by atomic mass is 10.1. The highest BCUT2D eigenvalue weighted by molar-refractivity contribution is 6.20. The fourth-order valence-corrected chi connectivity index (χ4v) is 3.68. The SMILES string of the molecule is CCCCCCCCCCC#Cc1ccc(CN(Cc2ccc(C(F)(F)F)cc2)OC(=O)C=O)cc1. The Hall–Kier alpha value is -3.11. The Morgan fingerprint density at radius 3 is 1.92 bits per heavy atom. The van der Waals surface area contributed by atoms with Crippen molar-refractivity contribution in [3.8, 4) is 11.8 Å². The van der Waals surface area contributed by atoms with E-state index in [9.17, 15) is 22.8 Å². The maximum atomic E-state index is 12.8. The number of rotatable bonds is 14. The van der Waals surface area contributed by atoms with Gasteiger partial charge in [0.2, 0.25) is 6.29 Å². The summed E-state index contributed by atoms with van der Waals surface area (Å²) in [6, 6.07) is 12.0. The van der Waals surface area contributed by atoms with Crippen molar-refractivity contribution in [2.75, 3.05) is 0 Å². The van der Waals surface area contributed by atoms with E-state index in [1.807, 2.05) is 24.3 Å². The van der Waals surface area contributed by atoms with Crippen molar-refractivity contribution in [3.63, 3.8) is 0 Å². The number of alkyl halides is 3. The van der Waals surface area contributed by atoms with Gasteiger partial charge in [-0.3, -0.25) is 4.79 Å². The number of hydroxylamine groups is 2. The Kier molecular flexibility index (Phi) is 12.8. The van der Waals surface area contributed by atoms with Crippen molar-refractivity contribution in [1.82, 2.24) is 5.06 Å². The molecule has 0 atom stereocenters. The zero-order valence-corrected chi connectivity index (χ0v) is 20.8. The smallest absolute Gasteiger partial charge is 0.361 e. The van der Waals surface area contributed by atoms with E-state index >= 15 is 0 Å². The van der Waals surface area contributed by atoms with Crippen LogP contribution in [-0.4, -0.2) is 17.3 Å². The molecule has 0 fully saturated rings. The van der Waals surface area contributed by atoms with E-state index < -0.39 is 17.7 Å². The van der Waals surface area contributed by atoms with Gasteiger partial charge in [0.15, 0.2) is 0 Å². The number of nitrogens with zero attached hydrogens (tertiary/aromatic N) is 1. The Balaban J connectivity index is 1.86. The fourth-order valence-electron chi connectivity index (χ4n) is 3.68. The average Bonchev–Trinajstić information content (AvgIpc) is 2.86. The molecule has 2 aromatic carbocycles. The summed E-state index contributed by atoms with van der Waals surface area (Å²) < 4.78 is 38.4. The number of hydrogen-bond donors (Lipinski definition) is 0. The van der Waals surface area contributed by atoms with Gasteiger partial charge in [-0.1, -0.05) is 88.0 Å². The molecule has 4 nitrogen and oxygen atoms in total. The van der Waals surface area contributed by atoms with Crippen LogP contribution in [0.4, 0.5) is 13.2 Å². The molecule has 0 heterocycles. The lowest BCUT2D eigenvalue weighted by Crippen LogP contribution is -2.27. The summed E-state index contributed by atoms with van der Waals surface area (Å²) in [5, 5.41) is 1.24. The maximum absolute atomic E-state index is 12.8. The summed E-state index contributed by atoms with van der Waals surface area (Å²) in [6.07, 6.45) is 6.58. The molecule has 0 aromatic heterocycles. The fraction of sp³-hybridized carbons (Fsp3) is 0.448. The molecule has 0 N–H and O–H groups in total. The summed E-state index contributed by atoms with van der Waals surface area (Å²) in [6.45, 7) is 2.41. The molecule has 0 saturated heterocycles. The number of halogens is 3. The topological polar surface area (TPSA) is 46.6 Å². The number of carbonyl (C=O) groups is 2. The summed E-state index contributed by atoms with van der Waals surface area (Å²) in [5.41, 5.74) is 1.42. The van der Waals surface area contributed by atoms with Crippen LogP contribution >= 0.6 is 0 Å². The molecule has 7 heteroatoms. The summed E-state index contributed by atoms with van der Waals surface area (Å²) in [4.78, 5) is 27.3. The molecule has 0 bridgehead atoms. The maximum Gasteiger partial charge on any atom is 0.416 e. The van der Waals surface area contributed by atoms with Crippen molar-refractivity contribution in [2.24, 2.45) is 0 Å². The Morgan fingerprint density at radius 2 is 1.39 bits per heavy atom. The van der Waals surface area contributed by atoms with Gasteiger partial charge in [0.05, 0.1) is 18.7 Å². The van der Waals surface area contributed by atoms with Crippen molar-refractivity contribution in [1.29, 1.82) is 0 Å². The van der Waals surface area contributed by atoms with Crippen LogP contribution in [0.2, 0.25) is 0 Å². The molecule has 0 aliphatic carbocycles.